The highest BCUT2D eigenvalue weighted by Gasteiger charge is 2.37. The molecule has 0 aliphatic carbocycles. The summed E-state index contributed by atoms with van der Waals surface area (Å²) in [6.45, 7) is -0.153. The molecule has 2 aromatic rings. The molecule has 1 heterocycles. The summed E-state index contributed by atoms with van der Waals surface area (Å²) in [4.78, 5) is 47.9. The number of nitrogens with zero attached hydrogens (tertiary/aromatic N) is 2. The van der Waals surface area contributed by atoms with Crippen LogP contribution >= 0.6 is 0 Å². The molecule has 0 bridgehead atoms. The van der Waals surface area contributed by atoms with Crippen molar-refractivity contribution in [2.75, 3.05) is 20.2 Å². The summed E-state index contributed by atoms with van der Waals surface area (Å²) >= 11 is 0. The summed E-state index contributed by atoms with van der Waals surface area (Å²) in [5.41, 5.74) is 0.611. The van der Waals surface area contributed by atoms with Crippen LogP contribution in [0.2, 0.25) is 0 Å². The average Bonchev–Trinajstić information content (AvgIpc) is 2.92. The molecule has 2 aromatic carbocycles. The van der Waals surface area contributed by atoms with E-state index in [0.29, 0.717) is 18.7 Å². The molecule has 0 unspecified atom stereocenters. The monoisotopic (exact) mass is 383 g/mol. The normalized spacial score (nSPS) is 12.7. The number of carbonyl (C=O) groups is 3. The first-order valence-electron chi connectivity index (χ1n) is 8.45. The van der Waals surface area contributed by atoms with E-state index in [0.717, 1.165) is 22.6 Å². The fourth-order valence-corrected chi connectivity index (χ4v) is 2.98. The van der Waals surface area contributed by atoms with Gasteiger partial charge in [0.15, 0.2) is 0 Å². The van der Waals surface area contributed by atoms with Crippen molar-refractivity contribution in [1.82, 2.24) is 10.2 Å². The summed E-state index contributed by atoms with van der Waals surface area (Å²) in [5, 5.41) is 13.5. The van der Waals surface area contributed by atoms with E-state index in [-0.39, 0.29) is 16.8 Å². The Morgan fingerprint density at radius 3 is 2.57 bits per heavy atom. The molecule has 0 aromatic heterocycles. The van der Waals surface area contributed by atoms with E-state index in [1.807, 2.05) is 24.3 Å². The largest absolute Gasteiger partial charge is 0.496 e. The van der Waals surface area contributed by atoms with Gasteiger partial charge >= 0.3 is 0 Å². The molecule has 1 N–H and O–H groups in total. The Hall–Kier alpha value is -3.75. The van der Waals surface area contributed by atoms with Gasteiger partial charge in [-0.3, -0.25) is 29.4 Å². The Balaban J connectivity index is 1.61. The van der Waals surface area contributed by atoms with Gasteiger partial charge in [-0.1, -0.05) is 18.2 Å². The first-order valence-corrected chi connectivity index (χ1v) is 8.45. The van der Waals surface area contributed by atoms with Crippen molar-refractivity contribution in [2.24, 2.45) is 0 Å². The molecular formula is C19H17N3O6. The Bertz CT molecular complexity index is 972. The molecule has 0 fully saturated rings. The lowest BCUT2D eigenvalue weighted by Crippen LogP contribution is -2.40. The van der Waals surface area contributed by atoms with Crippen LogP contribution in [0, 0.1) is 10.1 Å². The zero-order valence-electron chi connectivity index (χ0n) is 15.0. The Kier molecular flexibility index (Phi) is 5.35. The van der Waals surface area contributed by atoms with Crippen LogP contribution in [0.15, 0.2) is 42.5 Å². The highest BCUT2D eigenvalue weighted by molar-refractivity contribution is 6.22. The van der Waals surface area contributed by atoms with Gasteiger partial charge in [-0.05, 0) is 24.1 Å². The zero-order valence-corrected chi connectivity index (χ0v) is 15.0. The van der Waals surface area contributed by atoms with E-state index in [4.69, 9.17) is 4.74 Å². The molecule has 9 heteroatoms. The van der Waals surface area contributed by atoms with Gasteiger partial charge in [0.25, 0.3) is 17.5 Å². The van der Waals surface area contributed by atoms with Crippen LogP contribution in [0.5, 0.6) is 5.75 Å². The lowest BCUT2D eigenvalue weighted by Gasteiger charge is -2.14. The quantitative estimate of drug-likeness (QED) is 0.440. The van der Waals surface area contributed by atoms with Crippen LogP contribution in [0.25, 0.3) is 0 Å². The minimum absolute atomic E-state index is 0.0532. The zero-order chi connectivity index (χ0) is 20.3. The Morgan fingerprint density at radius 2 is 1.86 bits per heavy atom. The van der Waals surface area contributed by atoms with Gasteiger partial charge in [-0.15, -0.1) is 0 Å². The molecule has 28 heavy (non-hydrogen) atoms. The second-order valence-electron chi connectivity index (χ2n) is 6.10. The van der Waals surface area contributed by atoms with Gasteiger partial charge in [0, 0.05) is 18.7 Å². The van der Waals surface area contributed by atoms with E-state index in [9.17, 15) is 24.5 Å². The van der Waals surface area contributed by atoms with Crippen molar-refractivity contribution in [3.05, 3.63) is 69.3 Å². The topological polar surface area (TPSA) is 119 Å². The highest BCUT2D eigenvalue weighted by Crippen LogP contribution is 2.26. The number of hydrogen-bond acceptors (Lipinski definition) is 6. The van der Waals surface area contributed by atoms with Crippen molar-refractivity contribution >= 4 is 23.4 Å². The van der Waals surface area contributed by atoms with E-state index in [1.54, 1.807) is 7.11 Å². The third-order valence-electron chi connectivity index (χ3n) is 4.38. The van der Waals surface area contributed by atoms with Crippen LogP contribution in [0.3, 0.4) is 0 Å². The number of ether oxygens (including phenoxy) is 1. The highest BCUT2D eigenvalue weighted by atomic mass is 16.6. The number of para-hydroxylation sites is 1. The van der Waals surface area contributed by atoms with E-state index in [1.165, 1.54) is 6.07 Å². The third kappa shape index (κ3) is 3.68. The maximum Gasteiger partial charge on any atom is 0.270 e. The smallest absolute Gasteiger partial charge is 0.270 e. The van der Waals surface area contributed by atoms with Crippen LogP contribution in [0.4, 0.5) is 5.69 Å². The molecule has 0 saturated heterocycles. The van der Waals surface area contributed by atoms with Crippen molar-refractivity contribution in [3.8, 4) is 5.75 Å². The Morgan fingerprint density at radius 1 is 1.14 bits per heavy atom. The number of benzene rings is 2. The molecule has 1 aliphatic rings. The first-order chi connectivity index (χ1) is 13.4. The lowest BCUT2D eigenvalue weighted by molar-refractivity contribution is -0.384. The van der Waals surface area contributed by atoms with Crippen LogP contribution < -0.4 is 10.1 Å². The number of methoxy groups -OCH3 is 1. The van der Waals surface area contributed by atoms with E-state index >= 15 is 0 Å². The van der Waals surface area contributed by atoms with Gasteiger partial charge in [-0.2, -0.15) is 0 Å². The lowest BCUT2D eigenvalue weighted by atomic mass is 10.1. The molecule has 9 nitrogen and oxygen atoms in total. The summed E-state index contributed by atoms with van der Waals surface area (Å²) in [6, 6.07) is 10.8. The number of nitro benzene ring substituents is 1. The number of imide groups is 1. The number of carbonyl (C=O) groups excluding carboxylic acids is 3. The van der Waals surface area contributed by atoms with Crippen molar-refractivity contribution in [1.29, 1.82) is 0 Å². The second-order valence-corrected chi connectivity index (χ2v) is 6.10. The van der Waals surface area contributed by atoms with Crippen LogP contribution in [-0.4, -0.2) is 47.7 Å². The number of amides is 3. The first kappa shape index (κ1) is 19.0. The average molecular weight is 383 g/mol. The van der Waals surface area contributed by atoms with E-state index in [2.05, 4.69) is 5.32 Å². The standard InChI is InChI=1S/C19H17N3O6/c1-28-16-5-3-2-4-12(16)8-9-20-17(23)11-21-18(24)14-7-6-13(22(26)27)10-15(14)19(21)25/h2-7,10H,8-9,11H2,1H3,(H,20,23). The van der Waals surface area contributed by atoms with E-state index < -0.39 is 29.2 Å². The number of hydrogen-bond donors (Lipinski definition) is 1. The molecule has 144 valence electrons. The minimum atomic E-state index is -0.719. The molecule has 0 radical (unpaired) electrons. The van der Waals surface area contributed by atoms with Crippen LogP contribution in [0.1, 0.15) is 26.3 Å². The number of nitro groups is 1. The predicted octanol–water partition coefficient (Wildman–Crippen LogP) is 1.56. The fourth-order valence-electron chi connectivity index (χ4n) is 2.98. The Labute approximate surface area is 160 Å². The van der Waals surface area contributed by atoms with Crippen molar-refractivity contribution < 1.29 is 24.0 Å². The maximum atomic E-state index is 12.4. The fraction of sp³-hybridized carbons (Fsp3) is 0.211. The molecule has 3 rings (SSSR count). The van der Waals surface area contributed by atoms with Gasteiger partial charge in [0.1, 0.15) is 12.3 Å². The van der Waals surface area contributed by atoms with Crippen LogP contribution in [-0.2, 0) is 11.2 Å². The number of fused-ring (bicyclic) bond motifs is 1. The van der Waals surface area contributed by atoms with Crippen molar-refractivity contribution in [2.45, 2.75) is 6.42 Å². The van der Waals surface area contributed by atoms with Crippen molar-refractivity contribution in [3.63, 3.8) is 0 Å². The molecule has 1 aliphatic heterocycles. The number of nitrogens with one attached hydrogen (secondary N) is 1. The van der Waals surface area contributed by atoms with Gasteiger partial charge in [-0.25, -0.2) is 0 Å². The van der Waals surface area contributed by atoms with Gasteiger partial charge < -0.3 is 10.1 Å². The molecular weight excluding hydrogens is 366 g/mol. The maximum absolute atomic E-state index is 12.4. The minimum Gasteiger partial charge on any atom is -0.496 e. The molecule has 0 saturated carbocycles. The van der Waals surface area contributed by atoms with Gasteiger partial charge in [0.2, 0.25) is 5.91 Å². The third-order valence-corrected chi connectivity index (χ3v) is 4.38. The molecule has 0 spiro atoms. The summed E-state index contributed by atoms with van der Waals surface area (Å²) in [6.07, 6.45) is 0.518. The summed E-state index contributed by atoms with van der Waals surface area (Å²) < 4.78 is 5.24. The number of non-ortho nitro benzene ring substituents is 1. The molecule has 3 amide bonds. The number of rotatable bonds is 7. The SMILES string of the molecule is COc1ccccc1CCNC(=O)CN1C(=O)c2ccc([N+](=O)[O-])cc2C1=O. The predicted molar refractivity (Wildman–Crippen MR) is 98.2 cm³/mol. The second kappa shape index (κ2) is 7.87. The summed E-state index contributed by atoms with van der Waals surface area (Å²) in [5.74, 6) is -1.16. The molecule has 0 atom stereocenters. The summed E-state index contributed by atoms with van der Waals surface area (Å²) in [7, 11) is 1.56. The van der Waals surface area contributed by atoms with Gasteiger partial charge in [0.05, 0.1) is 23.2 Å².